The molecule has 96 valence electrons. The second kappa shape index (κ2) is 7.33. The SMILES string of the molecule is CCc1ccc(OCC(C)CNC(C)C)cc1. The Labute approximate surface area is 105 Å². The lowest BCUT2D eigenvalue weighted by atomic mass is 10.1. The van der Waals surface area contributed by atoms with Gasteiger partial charge in [-0.2, -0.15) is 0 Å². The van der Waals surface area contributed by atoms with E-state index in [1.54, 1.807) is 0 Å². The van der Waals surface area contributed by atoms with Crippen molar-refractivity contribution in [1.29, 1.82) is 0 Å². The van der Waals surface area contributed by atoms with Crippen molar-refractivity contribution in [1.82, 2.24) is 5.32 Å². The van der Waals surface area contributed by atoms with Crippen LogP contribution in [0.1, 0.15) is 33.3 Å². The monoisotopic (exact) mass is 235 g/mol. The summed E-state index contributed by atoms with van der Waals surface area (Å²) in [6, 6.07) is 8.92. The summed E-state index contributed by atoms with van der Waals surface area (Å²) in [6.45, 7) is 10.5. The first kappa shape index (κ1) is 14.0. The number of aryl methyl sites for hydroxylation is 1. The Morgan fingerprint density at radius 3 is 2.29 bits per heavy atom. The summed E-state index contributed by atoms with van der Waals surface area (Å²) in [4.78, 5) is 0. The Balaban J connectivity index is 2.29. The van der Waals surface area contributed by atoms with Gasteiger partial charge in [0.15, 0.2) is 0 Å². The first-order valence-electron chi connectivity index (χ1n) is 6.57. The second-order valence-electron chi connectivity index (χ2n) is 4.98. The van der Waals surface area contributed by atoms with E-state index in [0.717, 1.165) is 25.3 Å². The molecule has 1 unspecified atom stereocenters. The minimum Gasteiger partial charge on any atom is -0.493 e. The van der Waals surface area contributed by atoms with Crippen LogP contribution in [0, 0.1) is 5.92 Å². The highest BCUT2D eigenvalue weighted by Gasteiger charge is 2.04. The number of hydrogen-bond acceptors (Lipinski definition) is 2. The number of ether oxygens (including phenoxy) is 1. The topological polar surface area (TPSA) is 21.3 Å². The van der Waals surface area contributed by atoms with Gasteiger partial charge in [-0.1, -0.05) is 39.8 Å². The van der Waals surface area contributed by atoms with Gasteiger partial charge in [-0.15, -0.1) is 0 Å². The van der Waals surface area contributed by atoms with Gasteiger partial charge in [0.25, 0.3) is 0 Å². The molecule has 0 saturated heterocycles. The highest BCUT2D eigenvalue weighted by atomic mass is 16.5. The van der Waals surface area contributed by atoms with Crippen molar-refractivity contribution in [2.24, 2.45) is 5.92 Å². The van der Waals surface area contributed by atoms with Crippen molar-refractivity contribution in [3.63, 3.8) is 0 Å². The van der Waals surface area contributed by atoms with E-state index in [1.165, 1.54) is 5.56 Å². The fraction of sp³-hybridized carbons (Fsp3) is 0.600. The van der Waals surface area contributed by atoms with Crippen LogP contribution in [-0.2, 0) is 6.42 Å². The Bertz CT molecular complexity index is 305. The summed E-state index contributed by atoms with van der Waals surface area (Å²) in [7, 11) is 0. The Morgan fingerprint density at radius 2 is 1.76 bits per heavy atom. The quantitative estimate of drug-likeness (QED) is 0.783. The van der Waals surface area contributed by atoms with E-state index in [4.69, 9.17) is 4.74 Å². The molecule has 2 heteroatoms. The van der Waals surface area contributed by atoms with Gasteiger partial charge in [-0.3, -0.25) is 0 Å². The van der Waals surface area contributed by atoms with E-state index in [-0.39, 0.29) is 0 Å². The Hall–Kier alpha value is -1.02. The van der Waals surface area contributed by atoms with Crippen molar-refractivity contribution < 1.29 is 4.74 Å². The molecule has 17 heavy (non-hydrogen) atoms. The first-order chi connectivity index (χ1) is 8.11. The average molecular weight is 235 g/mol. The smallest absolute Gasteiger partial charge is 0.119 e. The molecule has 1 aromatic rings. The first-order valence-corrected chi connectivity index (χ1v) is 6.57. The molecule has 1 aromatic carbocycles. The third-order valence-electron chi connectivity index (χ3n) is 2.74. The van der Waals surface area contributed by atoms with Gasteiger partial charge in [-0.25, -0.2) is 0 Å². The van der Waals surface area contributed by atoms with Crippen LogP contribution in [0.5, 0.6) is 5.75 Å². The van der Waals surface area contributed by atoms with Crippen LogP contribution in [0.3, 0.4) is 0 Å². The van der Waals surface area contributed by atoms with Crippen molar-refractivity contribution in [2.45, 2.75) is 40.2 Å². The van der Waals surface area contributed by atoms with E-state index in [1.807, 2.05) is 0 Å². The van der Waals surface area contributed by atoms with E-state index < -0.39 is 0 Å². The van der Waals surface area contributed by atoms with Crippen LogP contribution < -0.4 is 10.1 Å². The maximum Gasteiger partial charge on any atom is 0.119 e. The highest BCUT2D eigenvalue weighted by Crippen LogP contribution is 2.13. The lowest BCUT2D eigenvalue weighted by Gasteiger charge is -2.15. The fourth-order valence-electron chi connectivity index (χ4n) is 1.56. The van der Waals surface area contributed by atoms with Crippen LogP contribution in [0.2, 0.25) is 0 Å². The molecular weight excluding hydrogens is 210 g/mol. The minimum absolute atomic E-state index is 0.531. The number of benzene rings is 1. The van der Waals surface area contributed by atoms with Gasteiger partial charge in [0, 0.05) is 18.5 Å². The zero-order valence-electron chi connectivity index (χ0n) is 11.5. The third kappa shape index (κ3) is 5.73. The molecular formula is C15H25NO. The predicted molar refractivity (Wildman–Crippen MR) is 73.6 cm³/mol. The highest BCUT2D eigenvalue weighted by molar-refractivity contribution is 5.27. The van der Waals surface area contributed by atoms with Crippen molar-refractivity contribution in [2.75, 3.05) is 13.2 Å². The maximum atomic E-state index is 5.76. The molecule has 0 aromatic heterocycles. The second-order valence-corrected chi connectivity index (χ2v) is 4.98. The summed E-state index contributed by atoms with van der Waals surface area (Å²) in [5.74, 6) is 1.50. The Kier molecular flexibility index (Phi) is 6.06. The van der Waals surface area contributed by atoms with Crippen molar-refractivity contribution in [3.8, 4) is 5.75 Å². The maximum absolute atomic E-state index is 5.76. The number of hydrogen-bond donors (Lipinski definition) is 1. The molecule has 0 aliphatic heterocycles. The third-order valence-corrected chi connectivity index (χ3v) is 2.74. The lowest BCUT2D eigenvalue weighted by Crippen LogP contribution is -2.30. The largest absolute Gasteiger partial charge is 0.493 e. The van der Waals surface area contributed by atoms with E-state index in [9.17, 15) is 0 Å². The summed E-state index contributed by atoms with van der Waals surface area (Å²) < 4.78 is 5.76. The number of nitrogens with one attached hydrogen (secondary N) is 1. The normalized spacial score (nSPS) is 12.8. The molecule has 1 rings (SSSR count). The molecule has 0 spiro atoms. The molecule has 0 fully saturated rings. The van der Waals surface area contributed by atoms with Gasteiger partial charge < -0.3 is 10.1 Å². The van der Waals surface area contributed by atoms with E-state index in [2.05, 4.69) is 57.3 Å². The van der Waals surface area contributed by atoms with Crippen LogP contribution in [-0.4, -0.2) is 19.2 Å². The van der Waals surface area contributed by atoms with Gasteiger partial charge >= 0.3 is 0 Å². The Morgan fingerprint density at radius 1 is 1.12 bits per heavy atom. The summed E-state index contributed by atoms with van der Waals surface area (Å²) in [6.07, 6.45) is 1.08. The van der Waals surface area contributed by atoms with Crippen LogP contribution in [0.4, 0.5) is 0 Å². The molecule has 0 amide bonds. The summed E-state index contributed by atoms with van der Waals surface area (Å²) in [5.41, 5.74) is 1.35. The molecule has 0 aliphatic carbocycles. The summed E-state index contributed by atoms with van der Waals surface area (Å²) in [5, 5.41) is 3.42. The zero-order chi connectivity index (χ0) is 12.7. The average Bonchev–Trinajstić information content (AvgIpc) is 2.34. The lowest BCUT2D eigenvalue weighted by molar-refractivity contribution is 0.253. The minimum atomic E-state index is 0.531. The molecule has 1 atom stereocenters. The zero-order valence-corrected chi connectivity index (χ0v) is 11.5. The van der Waals surface area contributed by atoms with Gasteiger partial charge in [-0.05, 0) is 24.1 Å². The molecule has 0 radical (unpaired) electrons. The van der Waals surface area contributed by atoms with E-state index >= 15 is 0 Å². The molecule has 1 N–H and O–H groups in total. The van der Waals surface area contributed by atoms with Gasteiger partial charge in [0.2, 0.25) is 0 Å². The van der Waals surface area contributed by atoms with Crippen molar-refractivity contribution >= 4 is 0 Å². The molecule has 2 nitrogen and oxygen atoms in total. The number of rotatable bonds is 7. The molecule has 0 saturated carbocycles. The van der Waals surface area contributed by atoms with Crippen LogP contribution >= 0.6 is 0 Å². The van der Waals surface area contributed by atoms with Gasteiger partial charge in [0.05, 0.1) is 6.61 Å². The molecule has 0 bridgehead atoms. The van der Waals surface area contributed by atoms with E-state index in [0.29, 0.717) is 12.0 Å². The summed E-state index contributed by atoms with van der Waals surface area (Å²) >= 11 is 0. The van der Waals surface area contributed by atoms with Crippen LogP contribution in [0.25, 0.3) is 0 Å². The van der Waals surface area contributed by atoms with Crippen LogP contribution in [0.15, 0.2) is 24.3 Å². The standard InChI is InChI=1S/C15H25NO/c1-5-14-6-8-15(9-7-14)17-11-13(4)10-16-12(2)3/h6-9,12-13,16H,5,10-11H2,1-4H3. The molecule has 0 heterocycles. The fourth-order valence-corrected chi connectivity index (χ4v) is 1.56. The predicted octanol–water partition coefficient (Wildman–Crippen LogP) is 3.26. The van der Waals surface area contributed by atoms with Gasteiger partial charge in [0.1, 0.15) is 5.75 Å². The van der Waals surface area contributed by atoms with Crippen molar-refractivity contribution in [3.05, 3.63) is 29.8 Å². The molecule has 0 aliphatic rings.